The predicted molar refractivity (Wildman–Crippen MR) is 106 cm³/mol. The van der Waals surface area contributed by atoms with E-state index < -0.39 is 0 Å². The van der Waals surface area contributed by atoms with Crippen molar-refractivity contribution < 1.29 is 0 Å². The van der Waals surface area contributed by atoms with E-state index in [-0.39, 0.29) is 24.0 Å². The lowest BCUT2D eigenvalue weighted by atomic mass is 10.2. The van der Waals surface area contributed by atoms with E-state index in [4.69, 9.17) is 0 Å². The molecule has 1 saturated carbocycles. The molecular formula is C17H29IN4. The van der Waals surface area contributed by atoms with Crippen molar-refractivity contribution in [2.24, 2.45) is 4.99 Å². The summed E-state index contributed by atoms with van der Waals surface area (Å²) >= 11 is 0. The molecule has 1 aliphatic rings. The van der Waals surface area contributed by atoms with Gasteiger partial charge in [-0.1, -0.05) is 18.2 Å². The molecule has 2 rings (SSSR count). The fraction of sp³-hybridized carbons (Fsp3) is 0.588. The Morgan fingerprint density at radius 3 is 2.55 bits per heavy atom. The number of rotatable bonds is 8. The Balaban J connectivity index is 0.00000242. The Morgan fingerprint density at radius 2 is 1.95 bits per heavy atom. The van der Waals surface area contributed by atoms with Gasteiger partial charge in [-0.05, 0) is 45.2 Å². The Kier molecular flexibility index (Phi) is 9.27. The highest BCUT2D eigenvalue weighted by molar-refractivity contribution is 14.0. The van der Waals surface area contributed by atoms with Crippen molar-refractivity contribution >= 4 is 35.6 Å². The fourth-order valence-corrected chi connectivity index (χ4v) is 2.30. The highest BCUT2D eigenvalue weighted by Gasteiger charge is 2.21. The molecule has 22 heavy (non-hydrogen) atoms. The molecule has 0 atom stereocenters. The lowest BCUT2D eigenvalue weighted by Crippen LogP contribution is -2.38. The van der Waals surface area contributed by atoms with E-state index in [0.717, 1.165) is 38.6 Å². The van der Waals surface area contributed by atoms with Gasteiger partial charge in [0.15, 0.2) is 5.96 Å². The third-order valence-electron chi connectivity index (χ3n) is 3.62. The number of para-hydroxylation sites is 1. The molecule has 0 unspecified atom stereocenters. The van der Waals surface area contributed by atoms with E-state index in [0.29, 0.717) is 6.04 Å². The number of anilines is 1. The van der Waals surface area contributed by atoms with Gasteiger partial charge < -0.3 is 15.5 Å². The van der Waals surface area contributed by atoms with Crippen LogP contribution in [-0.4, -0.2) is 38.2 Å². The molecule has 0 bridgehead atoms. The Hall–Kier alpha value is -0.980. The van der Waals surface area contributed by atoms with Crippen LogP contribution >= 0.6 is 24.0 Å². The van der Waals surface area contributed by atoms with Crippen molar-refractivity contribution in [3.63, 3.8) is 0 Å². The van der Waals surface area contributed by atoms with Gasteiger partial charge in [-0.2, -0.15) is 0 Å². The molecule has 0 aliphatic heterocycles. The van der Waals surface area contributed by atoms with Crippen LogP contribution in [0.3, 0.4) is 0 Å². The molecule has 0 radical (unpaired) electrons. The van der Waals surface area contributed by atoms with Crippen LogP contribution in [0.15, 0.2) is 35.3 Å². The van der Waals surface area contributed by atoms with E-state index in [1.807, 2.05) is 0 Å². The average molecular weight is 416 g/mol. The van der Waals surface area contributed by atoms with E-state index >= 15 is 0 Å². The third-order valence-corrected chi connectivity index (χ3v) is 3.62. The van der Waals surface area contributed by atoms with E-state index in [2.05, 4.69) is 64.7 Å². The van der Waals surface area contributed by atoms with Crippen LogP contribution in [0.4, 0.5) is 5.69 Å². The molecular weight excluding hydrogens is 387 g/mol. The maximum atomic E-state index is 4.66. The first kappa shape index (κ1) is 19.1. The number of halogens is 1. The molecule has 1 aromatic carbocycles. The second kappa shape index (κ2) is 10.7. The first-order valence-electron chi connectivity index (χ1n) is 8.18. The van der Waals surface area contributed by atoms with Gasteiger partial charge in [-0.25, -0.2) is 0 Å². The summed E-state index contributed by atoms with van der Waals surface area (Å²) in [5.41, 5.74) is 1.30. The predicted octanol–water partition coefficient (Wildman–Crippen LogP) is 3.24. The summed E-state index contributed by atoms with van der Waals surface area (Å²) in [4.78, 5) is 7.06. The Morgan fingerprint density at radius 1 is 1.23 bits per heavy atom. The number of benzene rings is 1. The average Bonchev–Trinajstić information content (AvgIpc) is 3.32. The molecule has 124 valence electrons. The van der Waals surface area contributed by atoms with Gasteiger partial charge in [0.2, 0.25) is 0 Å². The highest BCUT2D eigenvalue weighted by Crippen LogP contribution is 2.18. The van der Waals surface area contributed by atoms with Crippen molar-refractivity contribution in [2.45, 2.75) is 39.2 Å². The molecule has 4 nitrogen and oxygen atoms in total. The zero-order valence-electron chi connectivity index (χ0n) is 13.7. The summed E-state index contributed by atoms with van der Waals surface area (Å²) in [7, 11) is 0. The number of hydrogen-bond donors (Lipinski definition) is 2. The normalized spacial score (nSPS) is 14.2. The summed E-state index contributed by atoms with van der Waals surface area (Å²) in [5, 5.41) is 6.76. The molecule has 5 heteroatoms. The van der Waals surface area contributed by atoms with Crippen LogP contribution < -0.4 is 15.5 Å². The summed E-state index contributed by atoms with van der Waals surface area (Å²) in [6.07, 6.45) is 3.63. The molecule has 0 aromatic heterocycles. The van der Waals surface area contributed by atoms with Crippen LogP contribution in [-0.2, 0) is 0 Å². The SMILES string of the molecule is CCNC(=NCCCN(CC)c1ccccc1)NC1CC1.I. The van der Waals surface area contributed by atoms with Gasteiger partial charge in [0, 0.05) is 37.9 Å². The van der Waals surface area contributed by atoms with Crippen molar-refractivity contribution in [1.29, 1.82) is 0 Å². The Labute approximate surface area is 151 Å². The zero-order chi connectivity index (χ0) is 14.9. The van der Waals surface area contributed by atoms with Gasteiger partial charge in [0.25, 0.3) is 0 Å². The maximum absolute atomic E-state index is 4.66. The summed E-state index contributed by atoms with van der Waals surface area (Å²) in [6.45, 7) is 8.18. The summed E-state index contributed by atoms with van der Waals surface area (Å²) < 4.78 is 0. The van der Waals surface area contributed by atoms with Crippen LogP contribution in [0, 0.1) is 0 Å². The van der Waals surface area contributed by atoms with E-state index in [1.165, 1.54) is 18.5 Å². The molecule has 1 aliphatic carbocycles. The van der Waals surface area contributed by atoms with Crippen LogP contribution in [0.2, 0.25) is 0 Å². The molecule has 2 N–H and O–H groups in total. The highest BCUT2D eigenvalue weighted by atomic mass is 127. The molecule has 0 amide bonds. The maximum Gasteiger partial charge on any atom is 0.191 e. The van der Waals surface area contributed by atoms with Crippen molar-refractivity contribution in [3.05, 3.63) is 30.3 Å². The lowest BCUT2D eigenvalue weighted by molar-refractivity contribution is 0.741. The third kappa shape index (κ3) is 6.85. The standard InChI is InChI=1S/C17H28N4.HI/c1-3-18-17(20-15-11-12-15)19-13-8-14-21(4-2)16-9-6-5-7-10-16;/h5-7,9-10,15H,3-4,8,11-14H2,1-2H3,(H2,18,19,20);1H. The molecule has 1 fully saturated rings. The van der Waals surface area contributed by atoms with E-state index in [9.17, 15) is 0 Å². The largest absolute Gasteiger partial charge is 0.372 e. The molecule has 1 aromatic rings. The first-order chi connectivity index (χ1) is 10.3. The monoisotopic (exact) mass is 416 g/mol. The van der Waals surface area contributed by atoms with Crippen LogP contribution in [0.1, 0.15) is 33.1 Å². The molecule has 0 heterocycles. The van der Waals surface area contributed by atoms with Gasteiger partial charge in [-0.3, -0.25) is 4.99 Å². The minimum absolute atomic E-state index is 0. The fourth-order valence-electron chi connectivity index (χ4n) is 2.30. The van der Waals surface area contributed by atoms with Crippen molar-refractivity contribution in [3.8, 4) is 0 Å². The Bertz CT molecular complexity index is 432. The summed E-state index contributed by atoms with van der Waals surface area (Å²) in [6, 6.07) is 11.3. The summed E-state index contributed by atoms with van der Waals surface area (Å²) in [5.74, 6) is 0.975. The van der Waals surface area contributed by atoms with Gasteiger partial charge in [-0.15, -0.1) is 24.0 Å². The second-order valence-corrected chi connectivity index (χ2v) is 5.45. The van der Waals surface area contributed by atoms with Crippen LogP contribution in [0.25, 0.3) is 0 Å². The number of hydrogen-bond acceptors (Lipinski definition) is 2. The first-order valence-corrected chi connectivity index (χ1v) is 8.18. The smallest absolute Gasteiger partial charge is 0.191 e. The number of aliphatic imine (C=N–C) groups is 1. The lowest BCUT2D eigenvalue weighted by Gasteiger charge is -2.22. The van der Waals surface area contributed by atoms with E-state index in [1.54, 1.807) is 0 Å². The second-order valence-electron chi connectivity index (χ2n) is 5.45. The molecule has 0 saturated heterocycles. The zero-order valence-corrected chi connectivity index (χ0v) is 16.0. The van der Waals surface area contributed by atoms with Gasteiger partial charge in [0.05, 0.1) is 0 Å². The quantitative estimate of drug-likeness (QED) is 0.296. The minimum atomic E-state index is 0. The number of nitrogens with zero attached hydrogens (tertiary/aromatic N) is 2. The van der Waals surface area contributed by atoms with Gasteiger partial charge >= 0.3 is 0 Å². The minimum Gasteiger partial charge on any atom is -0.372 e. The van der Waals surface area contributed by atoms with Crippen molar-refractivity contribution in [2.75, 3.05) is 31.1 Å². The topological polar surface area (TPSA) is 39.7 Å². The number of guanidine groups is 1. The van der Waals surface area contributed by atoms with Crippen molar-refractivity contribution in [1.82, 2.24) is 10.6 Å². The number of nitrogens with one attached hydrogen (secondary N) is 2. The van der Waals surface area contributed by atoms with Gasteiger partial charge in [0.1, 0.15) is 0 Å². The van der Waals surface area contributed by atoms with Crippen LogP contribution in [0.5, 0.6) is 0 Å². The molecule has 0 spiro atoms.